The maximum atomic E-state index is 15.1. The van der Waals surface area contributed by atoms with Crippen LogP contribution in [0.4, 0.5) is 19.9 Å². The van der Waals surface area contributed by atoms with Gasteiger partial charge in [-0.3, -0.25) is 24.0 Å². The number of nitrogens with zero attached hydrogens (tertiary/aromatic N) is 10. The van der Waals surface area contributed by atoms with Crippen LogP contribution in [0.25, 0.3) is 44.6 Å². The molecule has 6 aromatic rings. The Morgan fingerprint density at radius 1 is 0.568 bits per heavy atom. The molecule has 12 rings (SSSR count). The minimum absolute atomic E-state index is 0.0186. The molecule has 0 spiro atoms. The summed E-state index contributed by atoms with van der Waals surface area (Å²) in [6.07, 6.45) is 2.69. The molecule has 8 heterocycles. The number of ether oxygens (including phenoxy) is 4. The van der Waals surface area contributed by atoms with E-state index in [1.807, 2.05) is 134 Å². The lowest BCUT2D eigenvalue weighted by atomic mass is 9.85. The van der Waals surface area contributed by atoms with E-state index in [1.54, 1.807) is 84.4 Å². The highest BCUT2D eigenvalue weighted by Gasteiger charge is 2.63. The van der Waals surface area contributed by atoms with Crippen LogP contribution in [0, 0.1) is 33.5 Å². The number of likely N-dealkylation sites (tertiary alicyclic amines) is 2. The fraction of sp³-hybridized carbons (Fsp3) is 0.630. The maximum absolute atomic E-state index is 15.1. The Morgan fingerprint density at radius 2 is 1.00 bits per heavy atom. The Labute approximate surface area is 784 Å². The third kappa shape index (κ3) is 23.6. The first-order chi connectivity index (χ1) is 61.7. The van der Waals surface area contributed by atoms with E-state index in [-0.39, 0.29) is 81.3 Å². The van der Waals surface area contributed by atoms with E-state index in [1.165, 1.54) is 56.7 Å². The number of aliphatic carboxylic acids is 1. The number of anilines is 2. The SMILES string of the molecule is C=CC1C[C@]1(NC(=O)[C@@H]1C[C@@H](Oc2cc(-c3csc(NC(C)C)n3)nc3cc(OC)ccc23)CN1C(=O)[C@@H](NC(=O)N[C@H](CN1CCCN(C)S1(=O)=O)C(C)(C)C)C(C)(C)C)C(=O)NCC.CCC1C[C@]1(NC(=O)[C@@H]1C[C@@H](Oc2cc(-c3csc(NC(C)C)n3)nc3cc(OC)ccc23)CN1C(=O)[C@@H](NC(=O)N[C@H](CN1CCCN(C(C)C)S1(=O)=O)C(C)(C)C)C(C)(C)C)C(=O)O. The van der Waals surface area contributed by atoms with Crippen LogP contribution < -0.4 is 66.8 Å². The Bertz CT molecular complexity index is 5470. The molecule has 40 heteroatoms. The largest absolute Gasteiger partial charge is 0.497 e. The molecule has 2 aliphatic carbocycles. The van der Waals surface area contributed by atoms with Crippen LogP contribution >= 0.6 is 22.7 Å². The van der Waals surface area contributed by atoms with Gasteiger partial charge in [0.05, 0.1) is 49.7 Å². The van der Waals surface area contributed by atoms with Crippen LogP contribution in [0.3, 0.4) is 0 Å². The summed E-state index contributed by atoms with van der Waals surface area (Å²) in [5.41, 5.74) is -2.12. The van der Waals surface area contributed by atoms with Gasteiger partial charge in [-0.15, -0.1) is 29.3 Å². The molecule has 132 heavy (non-hydrogen) atoms. The first kappa shape index (κ1) is 103. The zero-order valence-electron chi connectivity index (χ0n) is 80.5. The second-order valence-corrected chi connectivity index (χ2v) is 46.1. The number of fused-ring (bicyclic) bond motifs is 2. The number of benzene rings is 2. The summed E-state index contributed by atoms with van der Waals surface area (Å²) in [5.74, 6) is -2.26. The van der Waals surface area contributed by atoms with Crippen LogP contribution in [-0.4, -0.2) is 274 Å². The lowest BCUT2D eigenvalue weighted by molar-refractivity contribution is -0.146. The van der Waals surface area contributed by atoms with Crippen molar-refractivity contribution < 1.29 is 79.2 Å². The molecule has 12 atom stereocenters. The molecule has 2 aromatic carbocycles. The molecular weight excluding hydrogens is 1770 g/mol. The number of hydrogen-bond acceptors (Lipinski definition) is 24. The van der Waals surface area contributed by atoms with Crippen molar-refractivity contribution >= 4 is 123 Å². The molecule has 2 unspecified atom stereocenters. The van der Waals surface area contributed by atoms with E-state index in [0.717, 1.165) is 10.3 Å². The van der Waals surface area contributed by atoms with E-state index < -0.39 is 143 Å². The average molecular weight is 1910 g/mol. The van der Waals surface area contributed by atoms with Crippen molar-refractivity contribution in [3.63, 3.8) is 0 Å². The normalized spacial score (nSPS) is 23.3. The van der Waals surface area contributed by atoms with Gasteiger partial charge in [0.2, 0.25) is 29.5 Å². The van der Waals surface area contributed by atoms with Crippen molar-refractivity contribution in [1.29, 1.82) is 0 Å². The number of amides is 9. The molecule has 4 saturated heterocycles. The van der Waals surface area contributed by atoms with Crippen molar-refractivity contribution in [3.05, 3.63) is 71.9 Å². The topological polar surface area (TPSA) is 441 Å². The second kappa shape index (κ2) is 40.8. The number of carbonyl (C=O) groups is 8. The highest BCUT2D eigenvalue weighted by molar-refractivity contribution is 7.87. The Kier molecular flexibility index (Phi) is 31.7. The van der Waals surface area contributed by atoms with Gasteiger partial charge in [-0.25, -0.2) is 34.3 Å². The monoisotopic (exact) mass is 1910 g/mol. The van der Waals surface area contributed by atoms with Crippen molar-refractivity contribution in [1.82, 2.24) is 84.2 Å². The molecule has 0 radical (unpaired) electrons. The Morgan fingerprint density at radius 3 is 1.37 bits per heavy atom. The number of thiazole rings is 2. The molecule has 726 valence electrons. The zero-order valence-corrected chi connectivity index (χ0v) is 83.7. The van der Waals surface area contributed by atoms with Crippen LogP contribution in [0.2, 0.25) is 0 Å². The maximum Gasteiger partial charge on any atom is 0.329 e. The molecule has 6 fully saturated rings. The second-order valence-electron chi connectivity index (χ2n) is 40.5. The number of nitrogens with one attached hydrogen (secondary N) is 9. The number of pyridine rings is 2. The van der Waals surface area contributed by atoms with Gasteiger partial charge in [0, 0.05) is 148 Å². The van der Waals surface area contributed by atoms with Crippen molar-refractivity contribution in [2.75, 3.05) is 90.8 Å². The highest BCUT2D eigenvalue weighted by Crippen LogP contribution is 2.48. The van der Waals surface area contributed by atoms with Crippen molar-refractivity contribution in [3.8, 4) is 45.8 Å². The predicted molar refractivity (Wildman–Crippen MR) is 511 cm³/mol. The van der Waals surface area contributed by atoms with Gasteiger partial charge in [-0.2, -0.15) is 34.1 Å². The number of carboxylic acids is 1. The molecule has 0 bridgehead atoms. The number of methoxy groups -OCH3 is 2. The summed E-state index contributed by atoms with van der Waals surface area (Å²) in [6.45, 7) is 43.4. The minimum atomic E-state index is -3.79. The van der Waals surface area contributed by atoms with Gasteiger partial charge in [-0.05, 0) is 126 Å². The Balaban J connectivity index is 0.000000255. The molecule has 6 aliphatic rings. The third-order valence-corrected chi connectivity index (χ3v) is 30.8. The van der Waals surface area contributed by atoms with E-state index in [2.05, 4.69) is 54.4 Å². The quantitative estimate of drug-likeness (QED) is 0.0175. The van der Waals surface area contributed by atoms with E-state index in [9.17, 15) is 50.7 Å². The summed E-state index contributed by atoms with van der Waals surface area (Å²) < 4.78 is 83.9. The summed E-state index contributed by atoms with van der Waals surface area (Å²) >= 11 is 2.90. The number of urea groups is 2. The summed E-state index contributed by atoms with van der Waals surface area (Å²) in [6, 6.07) is 7.30. The number of likely N-dealkylation sites (N-methyl/N-ethyl adjacent to an activating group) is 1. The van der Waals surface area contributed by atoms with Gasteiger partial charge in [0.25, 0.3) is 20.4 Å². The number of carboxylic acid groups (broad SMARTS) is 1. The summed E-state index contributed by atoms with van der Waals surface area (Å²) in [7, 11) is -2.84. The van der Waals surface area contributed by atoms with Gasteiger partial charge in [0.1, 0.15) is 81.8 Å². The number of hydrogen-bond donors (Lipinski definition) is 10. The van der Waals surface area contributed by atoms with E-state index in [4.69, 9.17) is 38.9 Å². The number of rotatable bonds is 32. The predicted octanol–water partition coefficient (Wildman–Crippen LogP) is 10.4. The number of aromatic nitrogens is 4. The highest BCUT2D eigenvalue weighted by atomic mass is 32.2. The minimum Gasteiger partial charge on any atom is -0.497 e. The average Bonchev–Trinajstić information content (AvgIpc) is 1.58. The molecule has 10 N–H and O–H groups in total. The van der Waals surface area contributed by atoms with Gasteiger partial charge >= 0.3 is 18.0 Å². The molecular formula is C92H137N19O17S4. The van der Waals surface area contributed by atoms with E-state index >= 15 is 9.59 Å². The van der Waals surface area contributed by atoms with Crippen LogP contribution in [0.1, 0.15) is 183 Å². The fourth-order valence-electron chi connectivity index (χ4n) is 17.2. The Hall–Kier alpha value is -9.84. The third-order valence-electron chi connectivity index (χ3n) is 25.1. The van der Waals surface area contributed by atoms with Crippen molar-refractivity contribution in [2.45, 2.75) is 261 Å². The lowest BCUT2D eigenvalue weighted by Crippen LogP contribution is -2.62. The smallest absolute Gasteiger partial charge is 0.329 e. The number of carbonyl (C=O) groups excluding carboxylic acids is 7. The van der Waals surface area contributed by atoms with Gasteiger partial charge in [-0.1, -0.05) is 103 Å². The van der Waals surface area contributed by atoms with Gasteiger partial charge in [0.15, 0.2) is 10.3 Å². The molecule has 4 aromatic heterocycles. The van der Waals surface area contributed by atoms with Gasteiger partial charge < -0.3 is 81.7 Å². The first-order valence-corrected chi connectivity index (χ1v) is 50.0. The molecule has 2 saturated carbocycles. The summed E-state index contributed by atoms with van der Waals surface area (Å²) in [4.78, 5) is 136. The lowest BCUT2D eigenvalue weighted by Gasteiger charge is -2.41. The molecule has 9 amide bonds. The summed E-state index contributed by atoms with van der Waals surface area (Å²) in [5, 5.41) is 43.9. The van der Waals surface area contributed by atoms with E-state index in [0.29, 0.717) is 126 Å². The molecule has 36 nitrogen and oxygen atoms in total. The van der Waals surface area contributed by atoms with Crippen LogP contribution in [0.15, 0.2) is 71.9 Å². The van der Waals surface area contributed by atoms with Crippen molar-refractivity contribution in [2.24, 2.45) is 33.5 Å². The standard InChI is InChI=1S/C46H68N10O8S2.C46H69N9O9S2/c1-13-28-23-46(28,41(59)47-14-2)53-39(57)35-21-30(64-36-22-33(34-26-65-43(50-34)48-27(3)4)49-32-20-29(63-12)16-17-31(32)36)24-56(35)40(58)38(45(8,9)10)52-42(60)51-37(44(5,6)7)25-55-19-15-18-54(11)66(55,61)62;1-13-28-22-46(28,41(58)59)52-39(56)35-20-30(64-36-21-33(34-25-65-43(49-34)47-26(2)3)48-32-19-29(63-12)15-16-31(32)36)23-54(35)40(57)38(45(9,10)11)51-42(60)50-37(44(6,7)8)24-53-17-14-18-55(27(4)5)66(53,61)62/h13,16-17,20,22,26-28,30,35,37-38H,1,14-15,18-19,21,23-25H2,2-12H3,(H,47,59)(H,48,50)(H,53,57)(H2,51,52,60);15-16,19,21,25-28,30,35,37-38H,13-14,17-18,20,22-24H2,1-12H3,(H,47,49)(H,52,56)(H,58,59)(H2,50,51,60)/t2*28?,30-,35+,37-,38-,46-/m11/s1. The fourth-order valence-corrected chi connectivity index (χ4v) is 22.2. The first-order valence-electron chi connectivity index (χ1n) is 45.5. The molecule has 4 aliphatic heterocycles. The van der Waals surface area contributed by atoms with Crippen LogP contribution in [-0.2, 0) is 49.2 Å². The van der Waals surface area contributed by atoms with Crippen LogP contribution in [0.5, 0.6) is 23.0 Å². The zero-order chi connectivity index (χ0) is 97.2.